The second kappa shape index (κ2) is 6.37. The molecule has 0 saturated carbocycles. The Hall–Kier alpha value is -1.06. The molecular weight excluding hydrogens is 258 g/mol. The quantitative estimate of drug-likeness (QED) is 0.921. The van der Waals surface area contributed by atoms with E-state index in [2.05, 4.69) is 53.2 Å². The lowest BCUT2D eigenvalue weighted by atomic mass is 9.99. The maximum absolute atomic E-state index is 3.46. The largest absolute Gasteiger partial charge is 0.369 e. The second-order valence-electron chi connectivity index (χ2n) is 7.06. The Bertz CT molecular complexity index is 463. The summed E-state index contributed by atoms with van der Waals surface area (Å²) in [6.45, 7) is 11.7. The molecule has 3 rings (SSSR count). The number of nitrogens with one attached hydrogen (secondary N) is 1. The first kappa shape index (κ1) is 14.9. The maximum Gasteiger partial charge on any atom is 0.0399 e. The predicted octanol–water partition coefficient (Wildman–Crippen LogP) is 2.51. The lowest BCUT2D eigenvalue weighted by Crippen LogP contribution is -2.57. The predicted molar refractivity (Wildman–Crippen MR) is 90.1 cm³/mol. The van der Waals surface area contributed by atoms with Gasteiger partial charge in [0.2, 0.25) is 0 Å². The van der Waals surface area contributed by atoms with E-state index in [1.807, 2.05) is 0 Å². The van der Waals surface area contributed by atoms with Gasteiger partial charge in [-0.25, -0.2) is 0 Å². The first-order valence-electron chi connectivity index (χ1n) is 8.45. The lowest BCUT2D eigenvalue weighted by molar-refractivity contribution is 0.108. The molecular formula is C18H29N3. The summed E-state index contributed by atoms with van der Waals surface area (Å²) in [5, 5.41) is 3.46. The van der Waals surface area contributed by atoms with Crippen molar-refractivity contribution in [3.05, 3.63) is 29.8 Å². The van der Waals surface area contributed by atoms with Crippen molar-refractivity contribution in [3.63, 3.8) is 0 Å². The summed E-state index contributed by atoms with van der Waals surface area (Å²) in [5.74, 6) is 0. The summed E-state index contributed by atoms with van der Waals surface area (Å²) in [6, 6.07) is 9.00. The third-order valence-electron chi connectivity index (χ3n) is 5.01. The normalized spacial score (nSPS) is 21.0. The Balaban J connectivity index is 1.77. The first-order chi connectivity index (χ1) is 10.2. The van der Waals surface area contributed by atoms with Crippen LogP contribution in [-0.4, -0.2) is 49.7 Å². The highest BCUT2D eigenvalue weighted by molar-refractivity contribution is 5.54. The summed E-state index contributed by atoms with van der Waals surface area (Å²) >= 11 is 0. The van der Waals surface area contributed by atoms with Crippen LogP contribution in [0.5, 0.6) is 0 Å². The zero-order chi connectivity index (χ0) is 14.7. The standard InChI is InChI=1S/C18H29N3/c1-18(2,21-13-10-19-11-14-21)15-20-12-6-5-8-16-7-3-4-9-17(16)20/h3-4,7,9,19H,5-6,8,10-15H2,1-2H3. The van der Waals surface area contributed by atoms with E-state index in [0.717, 1.165) is 19.6 Å². The van der Waals surface area contributed by atoms with E-state index < -0.39 is 0 Å². The van der Waals surface area contributed by atoms with E-state index in [-0.39, 0.29) is 5.54 Å². The first-order valence-corrected chi connectivity index (χ1v) is 8.45. The minimum absolute atomic E-state index is 0.236. The van der Waals surface area contributed by atoms with Gasteiger partial charge in [0.25, 0.3) is 0 Å². The van der Waals surface area contributed by atoms with Crippen LogP contribution < -0.4 is 10.2 Å². The van der Waals surface area contributed by atoms with E-state index in [1.165, 1.54) is 50.1 Å². The van der Waals surface area contributed by atoms with Gasteiger partial charge in [0, 0.05) is 50.5 Å². The number of benzene rings is 1. The molecule has 116 valence electrons. The van der Waals surface area contributed by atoms with Crippen LogP contribution in [0.25, 0.3) is 0 Å². The van der Waals surface area contributed by atoms with Gasteiger partial charge in [0.1, 0.15) is 0 Å². The smallest absolute Gasteiger partial charge is 0.0399 e. The second-order valence-corrected chi connectivity index (χ2v) is 7.06. The number of fused-ring (bicyclic) bond motifs is 1. The number of nitrogens with zero attached hydrogens (tertiary/aromatic N) is 2. The summed E-state index contributed by atoms with van der Waals surface area (Å²) in [4.78, 5) is 5.28. The van der Waals surface area contributed by atoms with E-state index in [1.54, 1.807) is 0 Å². The van der Waals surface area contributed by atoms with Gasteiger partial charge in [-0.05, 0) is 44.7 Å². The van der Waals surface area contributed by atoms with Gasteiger partial charge in [-0.15, -0.1) is 0 Å². The Labute approximate surface area is 129 Å². The molecule has 0 atom stereocenters. The maximum atomic E-state index is 3.46. The monoisotopic (exact) mass is 287 g/mol. The molecule has 0 amide bonds. The Kier molecular flexibility index (Phi) is 4.51. The number of hydrogen-bond donors (Lipinski definition) is 1. The van der Waals surface area contributed by atoms with Gasteiger partial charge in [0.05, 0.1) is 0 Å². The topological polar surface area (TPSA) is 18.5 Å². The van der Waals surface area contributed by atoms with Gasteiger partial charge in [0.15, 0.2) is 0 Å². The molecule has 2 heterocycles. The Morgan fingerprint density at radius 2 is 1.81 bits per heavy atom. The molecule has 1 aromatic rings. The van der Waals surface area contributed by atoms with Crippen molar-refractivity contribution >= 4 is 5.69 Å². The summed E-state index contributed by atoms with van der Waals surface area (Å²) in [7, 11) is 0. The molecule has 0 radical (unpaired) electrons. The molecule has 3 heteroatoms. The molecule has 1 saturated heterocycles. The van der Waals surface area contributed by atoms with E-state index in [9.17, 15) is 0 Å². The highest BCUT2D eigenvalue weighted by Crippen LogP contribution is 2.28. The van der Waals surface area contributed by atoms with Crippen molar-refractivity contribution in [3.8, 4) is 0 Å². The van der Waals surface area contributed by atoms with E-state index >= 15 is 0 Å². The van der Waals surface area contributed by atoms with Crippen LogP contribution in [0.2, 0.25) is 0 Å². The van der Waals surface area contributed by atoms with Gasteiger partial charge >= 0.3 is 0 Å². The van der Waals surface area contributed by atoms with Crippen LogP contribution in [0.15, 0.2) is 24.3 Å². The van der Waals surface area contributed by atoms with Crippen LogP contribution in [0.3, 0.4) is 0 Å². The molecule has 1 aromatic carbocycles. The zero-order valence-electron chi connectivity index (χ0n) is 13.6. The minimum Gasteiger partial charge on any atom is -0.369 e. The summed E-state index contributed by atoms with van der Waals surface area (Å²) in [5.41, 5.74) is 3.24. The molecule has 0 bridgehead atoms. The zero-order valence-corrected chi connectivity index (χ0v) is 13.6. The summed E-state index contributed by atoms with van der Waals surface area (Å²) < 4.78 is 0. The average Bonchev–Trinajstić information content (AvgIpc) is 2.71. The van der Waals surface area contributed by atoms with Gasteiger partial charge in [-0.3, -0.25) is 4.90 Å². The van der Waals surface area contributed by atoms with Crippen molar-refractivity contribution in [1.29, 1.82) is 0 Å². The third kappa shape index (κ3) is 3.41. The Morgan fingerprint density at radius 1 is 1.05 bits per heavy atom. The van der Waals surface area contributed by atoms with Crippen LogP contribution in [0, 0.1) is 0 Å². The van der Waals surface area contributed by atoms with Crippen LogP contribution >= 0.6 is 0 Å². The molecule has 0 spiro atoms. The minimum atomic E-state index is 0.236. The van der Waals surface area contributed by atoms with Crippen molar-refractivity contribution in [2.45, 2.75) is 38.6 Å². The molecule has 1 fully saturated rings. The van der Waals surface area contributed by atoms with Crippen molar-refractivity contribution < 1.29 is 0 Å². The lowest BCUT2D eigenvalue weighted by Gasteiger charge is -2.44. The number of para-hydroxylation sites is 1. The molecule has 0 aliphatic carbocycles. The Morgan fingerprint density at radius 3 is 2.62 bits per heavy atom. The number of hydrogen-bond acceptors (Lipinski definition) is 3. The molecule has 0 unspecified atom stereocenters. The summed E-state index contributed by atoms with van der Waals surface area (Å²) in [6.07, 6.45) is 3.87. The van der Waals surface area contributed by atoms with E-state index in [4.69, 9.17) is 0 Å². The van der Waals surface area contributed by atoms with Crippen LogP contribution in [0.4, 0.5) is 5.69 Å². The van der Waals surface area contributed by atoms with E-state index in [0.29, 0.717) is 0 Å². The van der Waals surface area contributed by atoms with Gasteiger partial charge < -0.3 is 10.2 Å². The molecule has 21 heavy (non-hydrogen) atoms. The number of aryl methyl sites for hydroxylation is 1. The SMILES string of the molecule is CC(C)(CN1CCCCc2ccccc21)N1CCNCC1. The highest BCUT2D eigenvalue weighted by atomic mass is 15.3. The fourth-order valence-electron chi connectivity index (χ4n) is 3.77. The van der Waals surface area contributed by atoms with Crippen molar-refractivity contribution in [1.82, 2.24) is 10.2 Å². The highest BCUT2D eigenvalue weighted by Gasteiger charge is 2.30. The van der Waals surface area contributed by atoms with Crippen LogP contribution in [0.1, 0.15) is 32.3 Å². The van der Waals surface area contributed by atoms with Crippen LogP contribution in [-0.2, 0) is 6.42 Å². The molecule has 2 aliphatic heterocycles. The average molecular weight is 287 g/mol. The van der Waals surface area contributed by atoms with Gasteiger partial charge in [-0.1, -0.05) is 18.2 Å². The number of rotatable bonds is 3. The molecule has 1 N–H and O–H groups in total. The van der Waals surface area contributed by atoms with Crippen molar-refractivity contribution in [2.75, 3.05) is 44.2 Å². The number of piperazine rings is 1. The van der Waals surface area contributed by atoms with Gasteiger partial charge in [-0.2, -0.15) is 0 Å². The fourth-order valence-corrected chi connectivity index (χ4v) is 3.77. The fraction of sp³-hybridized carbons (Fsp3) is 0.667. The number of anilines is 1. The van der Waals surface area contributed by atoms with Crippen molar-refractivity contribution in [2.24, 2.45) is 0 Å². The molecule has 0 aromatic heterocycles. The molecule has 3 nitrogen and oxygen atoms in total. The molecule has 2 aliphatic rings. The third-order valence-corrected chi connectivity index (χ3v) is 5.01.